The molecule has 1 amide bonds. The highest BCUT2D eigenvalue weighted by Crippen LogP contribution is 2.33. The first kappa shape index (κ1) is 20.5. The van der Waals surface area contributed by atoms with E-state index in [4.69, 9.17) is 14.7 Å². The minimum absolute atomic E-state index is 0.0586. The van der Waals surface area contributed by atoms with Crippen LogP contribution in [-0.2, 0) is 4.79 Å². The van der Waals surface area contributed by atoms with Crippen molar-refractivity contribution in [2.24, 2.45) is 4.99 Å². The molecule has 0 unspecified atom stereocenters. The maximum atomic E-state index is 12.4. The molecule has 7 heteroatoms. The first-order valence-corrected chi connectivity index (χ1v) is 9.96. The molecule has 2 aromatic rings. The van der Waals surface area contributed by atoms with Gasteiger partial charge in [-0.15, -0.1) is 0 Å². The van der Waals surface area contributed by atoms with E-state index in [9.17, 15) is 4.79 Å². The Kier molecular flexibility index (Phi) is 6.57. The molecule has 1 saturated heterocycles. The number of carbonyl (C=O) groups is 1. The summed E-state index contributed by atoms with van der Waals surface area (Å²) in [6.45, 7) is 6.32. The van der Waals surface area contributed by atoms with Gasteiger partial charge in [0.15, 0.2) is 23.3 Å². The number of hydrogen-bond acceptors (Lipinski definition) is 6. The summed E-state index contributed by atoms with van der Waals surface area (Å²) in [5.74, 6) is 0.836. The molecule has 0 radical (unpaired) electrons. The highest BCUT2D eigenvalue weighted by Gasteiger charge is 2.24. The van der Waals surface area contributed by atoms with Gasteiger partial charge in [-0.25, -0.2) is 4.99 Å². The number of carbonyl (C=O) groups excluding carboxylic acids is 1. The number of rotatable bonds is 6. The molecular weight excluding hydrogens is 386 g/mol. The van der Waals surface area contributed by atoms with Gasteiger partial charge >= 0.3 is 0 Å². The van der Waals surface area contributed by atoms with Crippen molar-refractivity contribution in [3.8, 4) is 17.6 Å². The van der Waals surface area contributed by atoms with Crippen molar-refractivity contribution in [3.05, 3.63) is 58.0 Å². The third kappa shape index (κ3) is 4.98. The van der Waals surface area contributed by atoms with Crippen LogP contribution < -0.4 is 14.8 Å². The van der Waals surface area contributed by atoms with Gasteiger partial charge < -0.3 is 14.8 Å². The van der Waals surface area contributed by atoms with Crippen LogP contribution in [0.3, 0.4) is 0 Å². The minimum Gasteiger partial charge on any atom is -0.490 e. The zero-order valence-corrected chi connectivity index (χ0v) is 17.3. The summed E-state index contributed by atoms with van der Waals surface area (Å²) in [4.78, 5) is 17.5. The Morgan fingerprint density at radius 2 is 2.03 bits per heavy atom. The van der Waals surface area contributed by atoms with E-state index in [1.807, 2.05) is 51.1 Å². The Morgan fingerprint density at radius 1 is 1.21 bits per heavy atom. The van der Waals surface area contributed by atoms with Crippen LogP contribution >= 0.6 is 11.8 Å². The third-order valence-electron chi connectivity index (χ3n) is 4.31. The van der Waals surface area contributed by atoms with Crippen LogP contribution in [-0.4, -0.2) is 24.3 Å². The second-order valence-electron chi connectivity index (χ2n) is 6.29. The average molecular weight is 407 g/mol. The largest absolute Gasteiger partial charge is 0.490 e. The molecule has 6 nitrogen and oxygen atoms in total. The fourth-order valence-corrected chi connectivity index (χ4v) is 3.54. The number of benzene rings is 2. The van der Waals surface area contributed by atoms with Gasteiger partial charge in [0.25, 0.3) is 5.91 Å². The molecule has 148 valence electrons. The molecule has 1 aliphatic rings. The van der Waals surface area contributed by atoms with Crippen molar-refractivity contribution in [1.82, 2.24) is 5.32 Å². The molecular formula is C22H21N3O3S. The van der Waals surface area contributed by atoms with Crippen LogP contribution in [0.2, 0.25) is 0 Å². The minimum atomic E-state index is -0.193. The lowest BCUT2D eigenvalue weighted by atomic mass is 10.1. The number of aliphatic imine (C=N–C) groups is 1. The van der Waals surface area contributed by atoms with Crippen molar-refractivity contribution < 1.29 is 14.3 Å². The number of ether oxygens (including phenoxy) is 2. The number of hydrogen-bond donors (Lipinski definition) is 1. The molecule has 0 aliphatic carbocycles. The summed E-state index contributed by atoms with van der Waals surface area (Å²) in [5, 5.41) is 12.1. The second kappa shape index (κ2) is 9.30. The van der Waals surface area contributed by atoms with Gasteiger partial charge in [-0.2, -0.15) is 5.26 Å². The van der Waals surface area contributed by atoms with Crippen molar-refractivity contribution in [2.75, 3.05) is 13.2 Å². The maximum Gasteiger partial charge on any atom is 0.264 e. The number of aryl methyl sites for hydroxylation is 1. The SMILES string of the molecule is CCOc1cc(/C=C2\SC(=Nc3cccc(C)c3C)NC2=O)ccc1OCC#N. The van der Waals surface area contributed by atoms with E-state index < -0.39 is 0 Å². The van der Waals surface area contributed by atoms with E-state index in [0.717, 1.165) is 22.4 Å². The van der Waals surface area contributed by atoms with Crippen LogP contribution in [0, 0.1) is 25.2 Å². The summed E-state index contributed by atoms with van der Waals surface area (Å²) < 4.78 is 11.0. The Balaban J connectivity index is 1.84. The number of thioether (sulfide) groups is 1. The van der Waals surface area contributed by atoms with Gasteiger partial charge in [-0.1, -0.05) is 18.2 Å². The molecule has 0 spiro atoms. The standard InChI is InChI=1S/C22H21N3O3S/c1-4-27-19-12-16(8-9-18(19)28-11-10-23)13-20-21(26)25-22(29-20)24-17-7-5-6-14(2)15(17)3/h5-9,12-13H,4,11H2,1-3H3,(H,24,25,26)/b20-13-. The van der Waals surface area contributed by atoms with E-state index in [1.54, 1.807) is 18.2 Å². The topological polar surface area (TPSA) is 83.7 Å². The van der Waals surface area contributed by atoms with Crippen molar-refractivity contribution in [2.45, 2.75) is 20.8 Å². The fraction of sp³-hybridized carbons (Fsp3) is 0.227. The highest BCUT2D eigenvalue weighted by atomic mass is 32.2. The lowest BCUT2D eigenvalue weighted by Gasteiger charge is -2.10. The molecule has 0 atom stereocenters. The first-order valence-electron chi connectivity index (χ1n) is 9.14. The number of amidine groups is 1. The number of nitrogens with one attached hydrogen (secondary N) is 1. The van der Waals surface area contributed by atoms with Gasteiger partial charge in [-0.3, -0.25) is 4.79 Å². The normalized spacial score (nSPS) is 16.0. The van der Waals surface area contributed by atoms with Crippen LogP contribution in [0.25, 0.3) is 6.08 Å². The van der Waals surface area contributed by atoms with Gasteiger partial charge in [0.1, 0.15) is 6.07 Å². The van der Waals surface area contributed by atoms with Crippen LogP contribution in [0.1, 0.15) is 23.6 Å². The molecule has 1 aliphatic heterocycles. The Morgan fingerprint density at radius 3 is 2.79 bits per heavy atom. The third-order valence-corrected chi connectivity index (χ3v) is 5.22. The molecule has 1 heterocycles. The summed E-state index contributed by atoms with van der Waals surface area (Å²) in [6.07, 6.45) is 1.78. The molecule has 29 heavy (non-hydrogen) atoms. The number of nitrogens with zero attached hydrogens (tertiary/aromatic N) is 2. The molecule has 0 saturated carbocycles. The molecule has 1 fully saturated rings. The van der Waals surface area contributed by atoms with Gasteiger partial charge in [-0.05, 0) is 73.5 Å². The fourth-order valence-electron chi connectivity index (χ4n) is 2.71. The molecule has 2 aromatic carbocycles. The lowest BCUT2D eigenvalue weighted by molar-refractivity contribution is -0.115. The first-order chi connectivity index (χ1) is 14.0. The number of amides is 1. The smallest absolute Gasteiger partial charge is 0.264 e. The predicted octanol–water partition coefficient (Wildman–Crippen LogP) is 4.50. The van der Waals surface area contributed by atoms with Gasteiger partial charge in [0.2, 0.25) is 0 Å². The predicted molar refractivity (Wildman–Crippen MR) is 115 cm³/mol. The van der Waals surface area contributed by atoms with E-state index in [1.165, 1.54) is 11.8 Å². The zero-order chi connectivity index (χ0) is 20.8. The molecule has 3 rings (SSSR count). The monoisotopic (exact) mass is 407 g/mol. The van der Waals surface area contributed by atoms with E-state index in [2.05, 4.69) is 10.3 Å². The zero-order valence-electron chi connectivity index (χ0n) is 16.5. The summed E-state index contributed by atoms with van der Waals surface area (Å²) in [6, 6.07) is 13.2. The van der Waals surface area contributed by atoms with Crippen LogP contribution in [0.15, 0.2) is 46.3 Å². The van der Waals surface area contributed by atoms with Crippen LogP contribution in [0.5, 0.6) is 11.5 Å². The second-order valence-corrected chi connectivity index (χ2v) is 7.32. The van der Waals surface area contributed by atoms with Crippen molar-refractivity contribution in [1.29, 1.82) is 5.26 Å². The Bertz CT molecular complexity index is 1040. The molecule has 0 bridgehead atoms. The lowest BCUT2D eigenvalue weighted by Crippen LogP contribution is -2.19. The average Bonchev–Trinajstić information content (AvgIpc) is 3.04. The van der Waals surface area contributed by atoms with Gasteiger partial charge in [0, 0.05) is 0 Å². The Labute approximate surface area is 174 Å². The quantitative estimate of drug-likeness (QED) is 0.713. The molecule has 1 N–H and O–H groups in total. The molecule has 0 aromatic heterocycles. The van der Waals surface area contributed by atoms with Crippen molar-refractivity contribution in [3.63, 3.8) is 0 Å². The summed E-state index contributed by atoms with van der Waals surface area (Å²) in [7, 11) is 0. The summed E-state index contributed by atoms with van der Waals surface area (Å²) in [5.41, 5.74) is 3.87. The maximum absolute atomic E-state index is 12.4. The van der Waals surface area contributed by atoms with Crippen LogP contribution in [0.4, 0.5) is 5.69 Å². The summed E-state index contributed by atoms with van der Waals surface area (Å²) >= 11 is 1.30. The van der Waals surface area contributed by atoms with E-state index in [0.29, 0.717) is 28.2 Å². The Hall–Kier alpha value is -3.24. The highest BCUT2D eigenvalue weighted by molar-refractivity contribution is 8.18. The van der Waals surface area contributed by atoms with Gasteiger partial charge in [0.05, 0.1) is 17.2 Å². The van der Waals surface area contributed by atoms with Crippen molar-refractivity contribution >= 4 is 34.6 Å². The van der Waals surface area contributed by atoms with E-state index >= 15 is 0 Å². The number of nitriles is 1. The van der Waals surface area contributed by atoms with E-state index in [-0.39, 0.29) is 12.5 Å².